The van der Waals surface area contributed by atoms with Crippen LogP contribution in [0.2, 0.25) is 0 Å². The predicted octanol–water partition coefficient (Wildman–Crippen LogP) is -0.648. The minimum Gasteiger partial charge on any atom is -0.393 e. The number of likely N-dealkylation sites (N-methyl/N-ethyl adjacent to an activating group) is 1. The van der Waals surface area contributed by atoms with Crippen LogP contribution in [0.25, 0.3) is 0 Å². The largest absolute Gasteiger partial charge is 0.393 e. The van der Waals surface area contributed by atoms with Crippen molar-refractivity contribution in [3.63, 3.8) is 0 Å². The van der Waals surface area contributed by atoms with E-state index in [1.54, 1.807) is 14.0 Å². The molecule has 1 unspecified atom stereocenters. The molecule has 2 N–H and O–H groups in total. The Labute approximate surface area is 84.1 Å². The quantitative estimate of drug-likeness (QED) is 0.622. The van der Waals surface area contributed by atoms with Gasteiger partial charge in [0.05, 0.1) is 12.6 Å². The molecule has 0 spiro atoms. The molecular formula is C9H18N2O3. The van der Waals surface area contributed by atoms with E-state index in [4.69, 9.17) is 5.11 Å². The maximum Gasteiger partial charge on any atom is 0.239 e. The molecule has 0 radical (unpaired) electrons. The van der Waals surface area contributed by atoms with E-state index in [1.807, 2.05) is 0 Å². The first kappa shape index (κ1) is 12.9. The Kier molecular flexibility index (Phi) is 5.87. The zero-order chi connectivity index (χ0) is 11.1. The predicted molar refractivity (Wildman–Crippen MR) is 52.6 cm³/mol. The Balaban J connectivity index is 3.60. The molecule has 0 saturated carbocycles. The highest BCUT2D eigenvalue weighted by molar-refractivity contribution is 5.83. The molecule has 14 heavy (non-hydrogen) atoms. The number of carbonyl (C=O) groups excluding carboxylic acids is 2. The molecule has 0 aliphatic rings. The Bertz CT molecular complexity index is 204. The van der Waals surface area contributed by atoms with Crippen molar-refractivity contribution in [2.45, 2.75) is 26.4 Å². The van der Waals surface area contributed by atoms with Gasteiger partial charge in [0.2, 0.25) is 11.8 Å². The topological polar surface area (TPSA) is 69.6 Å². The van der Waals surface area contributed by atoms with Gasteiger partial charge in [0.1, 0.15) is 0 Å². The number of nitrogens with one attached hydrogen (secondary N) is 1. The van der Waals surface area contributed by atoms with Gasteiger partial charge < -0.3 is 15.3 Å². The fourth-order valence-electron chi connectivity index (χ4n) is 0.803. The number of nitrogens with zero attached hydrogens (tertiary/aromatic N) is 1. The molecule has 5 heteroatoms. The van der Waals surface area contributed by atoms with E-state index in [0.717, 1.165) is 0 Å². The van der Waals surface area contributed by atoms with Crippen LogP contribution in [0.1, 0.15) is 20.3 Å². The fraction of sp³-hybridized carbons (Fsp3) is 0.778. The van der Waals surface area contributed by atoms with Crippen molar-refractivity contribution in [3.8, 4) is 0 Å². The Morgan fingerprint density at radius 2 is 2.07 bits per heavy atom. The minimum atomic E-state index is -0.416. The van der Waals surface area contributed by atoms with Gasteiger partial charge in [0.25, 0.3) is 0 Å². The van der Waals surface area contributed by atoms with Crippen LogP contribution in [-0.2, 0) is 9.59 Å². The van der Waals surface area contributed by atoms with Crippen molar-refractivity contribution in [1.82, 2.24) is 10.2 Å². The van der Waals surface area contributed by atoms with Crippen LogP contribution in [0.4, 0.5) is 0 Å². The zero-order valence-corrected chi connectivity index (χ0v) is 8.91. The van der Waals surface area contributed by atoms with Gasteiger partial charge in [-0.3, -0.25) is 9.59 Å². The summed E-state index contributed by atoms with van der Waals surface area (Å²) in [6.07, 6.45) is 0.107. The molecule has 5 nitrogen and oxygen atoms in total. The van der Waals surface area contributed by atoms with Crippen molar-refractivity contribution < 1.29 is 14.7 Å². The van der Waals surface area contributed by atoms with E-state index < -0.39 is 6.10 Å². The van der Waals surface area contributed by atoms with Gasteiger partial charge in [-0.1, -0.05) is 0 Å². The Morgan fingerprint density at radius 3 is 2.50 bits per heavy atom. The Morgan fingerprint density at radius 1 is 1.50 bits per heavy atom. The molecular weight excluding hydrogens is 184 g/mol. The molecule has 1 atom stereocenters. The van der Waals surface area contributed by atoms with Gasteiger partial charge in [-0.05, 0) is 13.3 Å². The minimum absolute atomic E-state index is 0.0646. The molecule has 0 aliphatic heterocycles. The molecule has 0 saturated heterocycles. The maximum absolute atomic E-state index is 11.2. The first-order valence-electron chi connectivity index (χ1n) is 4.60. The highest BCUT2D eigenvalue weighted by Crippen LogP contribution is 1.87. The molecule has 0 fully saturated rings. The third-order valence-corrected chi connectivity index (χ3v) is 1.80. The lowest BCUT2D eigenvalue weighted by Gasteiger charge is -2.14. The summed E-state index contributed by atoms with van der Waals surface area (Å²) in [4.78, 5) is 23.3. The molecule has 0 aliphatic carbocycles. The average Bonchev–Trinajstić information content (AvgIpc) is 2.02. The van der Waals surface area contributed by atoms with Gasteiger partial charge >= 0.3 is 0 Å². The van der Waals surface area contributed by atoms with Crippen molar-refractivity contribution in [2.24, 2.45) is 0 Å². The number of aliphatic hydroxyl groups excluding tert-OH is 1. The van der Waals surface area contributed by atoms with Gasteiger partial charge in [0.15, 0.2) is 0 Å². The molecule has 0 bridgehead atoms. The van der Waals surface area contributed by atoms with Crippen molar-refractivity contribution >= 4 is 11.8 Å². The van der Waals surface area contributed by atoms with Crippen LogP contribution < -0.4 is 5.32 Å². The lowest BCUT2D eigenvalue weighted by molar-refractivity contribution is -0.133. The number of carbonyl (C=O) groups is 2. The van der Waals surface area contributed by atoms with Crippen LogP contribution in [0, 0.1) is 0 Å². The molecule has 0 rings (SSSR count). The summed E-state index contributed by atoms with van der Waals surface area (Å²) in [6.45, 7) is 3.56. The molecule has 0 aromatic carbocycles. The first-order valence-corrected chi connectivity index (χ1v) is 4.60. The van der Waals surface area contributed by atoms with Gasteiger partial charge in [-0.2, -0.15) is 0 Å². The molecule has 0 aromatic heterocycles. The molecule has 82 valence electrons. The average molecular weight is 202 g/mol. The number of rotatable bonds is 5. The number of aliphatic hydroxyl groups is 1. The van der Waals surface area contributed by atoms with Gasteiger partial charge in [-0.25, -0.2) is 0 Å². The second-order valence-electron chi connectivity index (χ2n) is 3.36. The fourth-order valence-corrected chi connectivity index (χ4v) is 0.803. The van der Waals surface area contributed by atoms with Gasteiger partial charge in [0, 0.05) is 20.5 Å². The maximum atomic E-state index is 11.2. The van der Waals surface area contributed by atoms with Crippen molar-refractivity contribution in [1.29, 1.82) is 0 Å². The number of hydrogen-bond acceptors (Lipinski definition) is 3. The van der Waals surface area contributed by atoms with Crippen LogP contribution in [0.5, 0.6) is 0 Å². The van der Waals surface area contributed by atoms with E-state index in [2.05, 4.69) is 5.32 Å². The summed E-state index contributed by atoms with van der Waals surface area (Å²) < 4.78 is 0. The first-order chi connectivity index (χ1) is 6.43. The van der Waals surface area contributed by atoms with Gasteiger partial charge in [-0.15, -0.1) is 0 Å². The highest BCUT2D eigenvalue weighted by atomic mass is 16.3. The summed E-state index contributed by atoms with van der Waals surface area (Å²) in [6, 6.07) is 0. The summed E-state index contributed by atoms with van der Waals surface area (Å²) in [5.74, 6) is -0.348. The van der Waals surface area contributed by atoms with E-state index >= 15 is 0 Å². The van der Waals surface area contributed by atoms with E-state index in [0.29, 0.717) is 13.0 Å². The SMILES string of the molecule is CC(=O)N(C)CC(=O)NCCC(C)O. The lowest BCUT2D eigenvalue weighted by Crippen LogP contribution is -2.38. The Hall–Kier alpha value is -1.10. The van der Waals surface area contributed by atoms with Crippen LogP contribution in [0.15, 0.2) is 0 Å². The summed E-state index contributed by atoms with van der Waals surface area (Å²) in [5, 5.41) is 11.5. The summed E-state index contributed by atoms with van der Waals surface area (Å²) >= 11 is 0. The van der Waals surface area contributed by atoms with Crippen LogP contribution >= 0.6 is 0 Å². The third kappa shape index (κ3) is 6.42. The number of hydrogen-bond donors (Lipinski definition) is 2. The molecule has 2 amide bonds. The van der Waals surface area contributed by atoms with E-state index in [9.17, 15) is 9.59 Å². The lowest BCUT2D eigenvalue weighted by atomic mass is 10.3. The second kappa shape index (κ2) is 6.37. The summed E-state index contributed by atoms with van der Waals surface area (Å²) in [5.41, 5.74) is 0. The third-order valence-electron chi connectivity index (χ3n) is 1.80. The second-order valence-corrected chi connectivity index (χ2v) is 3.36. The van der Waals surface area contributed by atoms with Crippen LogP contribution in [0.3, 0.4) is 0 Å². The standard InChI is InChI=1S/C9H18N2O3/c1-7(12)4-5-10-9(14)6-11(3)8(2)13/h7,12H,4-6H2,1-3H3,(H,10,14). The van der Waals surface area contributed by atoms with E-state index in [1.165, 1.54) is 11.8 Å². The van der Waals surface area contributed by atoms with Crippen molar-refractivity contribution in [3.05, 3.63) is 0 Å². The summed E-state index contributed by atoms with van der Waals surface area (Å²) in [7, 11) is 1.57. The zero-order valence-electron chi connectivity index (χ0n) is 8.91. The highest BCUT2D eigenvalue weighted by Gasteiger charge is 2.08. The smallest absolute Gasteiger partial charge is 0.239 e. The van der Waals surface area contributed by atoms with Crippen LogP contribution in [-0.4, -0.2) is 48.1 Å². The van der Waals surface area contributed by atoms with E-state index in [-0.39, 0.29) is 18.4 Å². The number of amides is 2. The monoisotopic (exact) mass is 202 g/mol. The normalized spacial score (nSPS) is 12.0. The molecule has 0 heterocycles. The molecule has 0 aromatic rings. The van der Waals surface area contributed by atoms with Crippen molar-refractivity contribution in [2.75, 3.05) is 20.1 Å².